The number of likely N-dealkylation sites (tertiary alicyclic amines) is 1. The molecule has 0 aliphatic carbocycles. The van der Waals surface area contributed by atoms with E-state index in [1.807, 2.05) is 31.2 Å². The van der Waals surface area contributed by atoms with Crippen molar-refractivity contribution in [2.24, 2.45) is 0 Å². The summed E-state index contributed by atoms with van der Waals surface area (Å²) in [5, 5.41) is 19.0. The van der Waals surface area contributed by atoms with Gasteiger partial charge in [0.25, 0.3) is 5.91 Å². The average molecular weight is 340 g/mol. The first-order valence-electron chi connectivity index (χ1n) is 8.16. The highest BCUT2D eigenvalue weighted by Crippen LogP contribution is 2.25. The lowest BCUT2D eigenvalue weighted by Gasteiger charge is -2.35. The van der Waals surface area contributed by atoms with Crippen LogP contribution in [0.15, 0.2) is 42.7 Å². The Labute approximate surface area is 145 Å². The highest BCUT2D eigenvalue weighted by Gasteiger charge is 2.40. The van der Waals surface area contributed by atoms with E-state index in [1.54, 1.807) is 17.2 Å². The number of amides is 1. The molecule has 1 aliphatic rings. The van der Waals surface area contributed by atoms with Gasteiger partial charge in [0.2, 0.25) is 0 Å². The maximum atomic E-state index is 12.7. The van der Waals surface area contributed by atoms with Crippen molar-refractivity contribution >= 4 is 11.9 Å². The van der Waals surface area contributed by atoms with Gasteiger partial charge in [-0.25, -0.2) is 4.79 Å². The van der Waals surface area contributed by atoms with Crippen molar-refractivity contribution < 1.29 is 19.8 Å². The summed E-state index contributed by atoms with van der Waals surface area (Å²) < 4.78 is 0. The number of aryl methyl sites for hydroxylation is 1. The van der Waals surface area contributed by atoms with E-state index in [4.69, 9.17) is 5.11 Å². The third-order valence-corrected chi connectivity index (χ3v) is 4.61. The van der Waals surface area contributed by atoms with Crippen LogP contribution in [0.3, 0.4) is 0 Å². The van der Waals surface area contributed by atoms with Gasteiger partial charge in [-0.2, -0.15) is 0 Å². The zero-order chi connectivity index (χ0) is 18.0. The summed E-state index contributed by atoms with van der Waals surface area (Å²) in [5.74, 6) is -1.43. The monoisotopic (exact) mass is 340 g/mol. The Balaban J connectivity index is 1.78. The Morgan fingerprint density at radius 2 is 1.84 bits per heavy atom. The number of pyridine rings is 1. The Hall–Kier alpha value is -2.73. The molecule has 0 bridgehead atoms. The molecule has 0 radical (unpaired) electrons. The van der Waals surface area contributed by atoms with Gasteiger partial charge in [-0.05, 0) is 18.6 Å². The van der Waals surface area contributed by atoms with Gasteiger partial charge in [-0.1, -0.05) is 29.8 Å². The molecule has 0 saturated carbocycles. The zero-order valence-corrected chi connectivity index (χ0v) is 14.0. The van der Waals surface area contributed by atoms with Gasteiger partial charge in [0.05, 0.1) is 5.56 Å². The number of hydrogen-bond acceptors (Lipinski definition) is 4. The fourth-order valence-electron chi connectivity index (χ4n) is 3.02. The molecule has 3 rings (SSSR count). The zero-order valence-electron chi connectivity index (χ0n) is 14.0. The lowest BCUT2D eigenvalue weighted by atomic mass is 9.91. The summed E-state index contributed by atoms with van der Waals surface area (Å²) >= 11 is 0. The van der Waals surface area contributed by atoms with E-state index in [-0.39, 0.29) is 31.8 Å². The molecular formula is C19H20N2O4. The van der Waals surface area contributed by atoms with E-state index >= 15 is 0 Å². The second kappa shape index (κ2) is 6.64. The highest BCUT2D eigenvalue weighted by molar-refractivity contribution is 5.95. The van der Waals surface area contributed by atoms with Gasteiger partial charge in [0.15, 0.2) is 5.60 Å². The summed E-state index contributed by atoms with van der Waals surface area (Å²) in [6.07, 6.45) is 3.28. The number of nitrogens with zero attached hydrogens (tertiary/aromatic N) is 2. The average Bonchev–Trinajstić information content (AvgIpc) is 2.62. The normalized spacial score (nSPS) is 16.5. The highest BCUT2D eigenvalue weighted by atomic mass is 16.4. The smallest absolute Gasteiger partial charge is 0.335 e. The third kappa shape index (κ3) is 3.53. The molecule has 25 heavy (non-hydrogen) atoms. The quantitative estimate of drug-likeness (QED) is 0.893. The molecule has 0 spiro atoms. The van der Waals surface area contributed by atoms with Crippen LogP contribution >= 0.6 is 0 Å². The lowest BCUT2D eigenvalue weighted by molar-refractivity contribution is -0.162. The molecule has 6 heteroatoms. The summed E-state index contributed by atoms with van der Waals surface area (Å²) in [6.45, 7) is 2.41. The molecule has 0 atom stereocenters. The van der Waals surface area contributed by atoms with Crippen LogP contribution in [0.1, 0.15) is 28.8 Å². The molecule has 2 heterocycles. The van der Waals surface area contributed by atoms with E-state index in [1.165, 1.54) is 6.20 Å². The molecule has 6 nitrogen and oxygen atoms in total. The van der Waals surface area contributed by atoms with Gasteiger partial charge in [-0.3, -0.25) is 9.78 Å². The number of hydrogen-bond donors (Lipinski definition) is 2. The van der Waals surface area contributed by atoms with Crippen LogP contribution in [0.4, 0.5) is 0 Å². The molecule has 1 amide bonds. The van der Waals surface area contributed by atoms with Crippen LogP contribution < -0.4 is 0 Å². The number of carbonyl (C=O) groups is 2. The van der Waals surface area contributed by atoms with E-state index in [0.29, 0.717) is 5.56 Å². The molecular weight excluding hydrogens is 320 g/mol. The van der Waals surface area contributed by atoms with Gasteiger partial charge < -0.3 is 15.1 Å². The molecule has 1 aliphatic heterocycles. The molecule has 2 aromatic rings. The van der Waals surface area contributed by atoms with Crippen molar-refractivity contribution in [1.29, 1.82) is 0 Å². The first-order valence-corrected chi connectivity index (χ1v) is 8.16. The first kappa shape index (κ1) is 17.1. The summed E-state index contributed by atoms with van der Waals surface area (Å²) in [7, 11) is 0. The fourth-order valence-corrected chi connectivity index (χ4v) is 3.02. The van der Waals surface area contributed by atoms with Gasteiger partial charge in [0.1, 0.15) is 0 Å². The number of rotatable bonds is 3. The SMILES string of the molecule is Cc1cccc(-c2cncc(C(=O)N3CCC(O)(C(=O)O)CC3)c2)c1. The van der Waals surface area contributed by atoms with Crippen molar-refractivity contribution in [2.45, 2.75) is 25.4 Å². The molecule has 0 unspecified atom stereocenters. The predicted molar refractivity (Wildman–Crippen MR) is 92.1 cm³/mol. The van der Waals surface area contributed by atoms with Gasteiger partial charge in [-0.15, -0.1) is 0 Å². The second-order valence-electron chi connectivity index (χ2n) is 6.46. The Bertz CT molecular complexity index is 811. The van der Waals surface area contributed by atoms with Crippen molar-refractivity contribution in [2.75, 3.05) is 13.1 Å². The molecule has 130 valence electrons. The second-order valence-corrected chi connectivity index (χ2v) is 6.46. The third-order valence-electron chi connectivity index (χ3n) is 4.61. The van der Waals surface area contributed by atoms with Crippen LogP contribution in [-0.4, -0.2) is 50.7 Å². The maximum Gasteiger partial charge on any atom is 0.335 e. The molecule has 1 aromatic carbocycles. The minimum absolute atomic E-state index is 0.0269. The van der Waals surface area contributed by atoms with E-state index < -0.39 is 11.6 Å². The number of carboxylic acids is 1. The van der Waals surface area contributed by atoms with Gasteiger partial charge >= 0.3 is 5.97 Å². The van der Waals surface area contributed by atoms with Crippen molar-refractivity contribution in [3.05, 3.63) is 53.9 Å². The van der Waals surface area contributed by atoms with Crippen molar-refractivity contribution in [1.82, 2.24) is 9.88 Å². The molecule has 1 aromatic heterocycles. The number of carbonyl (C=O) groups excluding carboxylic acids is 1. The Morgan fingerprint density at radius 1 is 1.12 bits per heavy atom. The van der Waals surface area contributed by atoms with Crippen LogP contribution in [0.2, 0.25) is 0 Å². The molecule has 1 saturated heterocycles. The Morgan fingerprint density at radius 3 is 2.48 bits per heavy atom. The molecule has 1 fully saturated rings. The summed E-state index contributed by atoms with van der Waals surface area (Å²) in [6, 6.07) is 9.74. The van der Waals surface area contributed by atoms with E-state index in [2.05, 4.69) is 4.98 Å². The molecule has 2 N–H and O–H groups in total. The van der Waals surface area contributed by atoms with Crippen LogP contribution in [0, 0.1) is 6.92 Å². The number of aliphatic hydroxyl groups is 1. The minimum Gasteiger partial charge on any atom is -0.479 e. The first-order chi connectivity index (χ1) is 11.9. The van der Waals surface area contributed by atoms with E-state index in [9.17, 15) is 14.7 Å². The number of aliphatic carboxylic acids is 1. The number of benzene rings is 1. The number of aromatic nitrogens is 1. The summed E-state index contributed by atoms with van der Waals surface area (Å²) in [4.78, 5) is 29.5. The fraction of sp³-hybridized carbons (Fsp3) is 0.316. The summed E-state index contributed by atoms with van der Waals surface area (Å²) in [5.41, 5.74) is 1.69. The van der Waals surface area contributed by atoms with Crippen LogP contribution in [0.5, 0.6) is 0 Å². The Kier molecular flexibility index (Phi) is 4.55. The maximum absolute atomic E-state index is 12.7. The van der Waals surface area contributed by atoms with Crippen molar-refractivity contribution in [3.8, 4) is 11.1 Å². The topological polar surface area (TPSA) is 90.7 Å². The van der Waals surface area contributed by atoms with E-state index in [0.717, 1.165) is 16.7 Å². The largest absolute Gasteiger partial charge is 0.479 e. The van der Waals surface area contributed by atoms with Crippen LogP contribution in [-0.2, 0) is 4.79 Å². The standard InChI is InChI=1S/C19H20N2O4/c1-13-3-2-4-14(9-13)15-10-16(12-20-11-15)17(22)21-7-5-19(25,6-8-21)18(23)24/h2-4,9-12,25H,5-8H2,1H3,(H,23,24). The number of piperidine rings is 1. The predicted octanol–water partition coefficient (Wildman–Crippen LogP) is 2.11. The lowest BCUT2D eigenvalue weighted by Crippen LogP contribution is -2.50. The van der Waals surface area contributed by atoms with Gasteiger partial charge in [0, 0.05) is 43.9 Å². The number of carboxylic acid groups (broad SMARTS) is 1. The van der Waals surface area contributed by atoms with Crippen LogP contribution in [0.25, 0.3) is 11.1 Å². The minimum atomic E-state index is -1.74. The van der Waals surface area contributed by atoms with Crippen molar-refractivity contribution in [3.63, 3.8) is 0 Å².